The summed E-state index contributed by atoms with van der Waals surface area (Å²) in [4.78, 5) is 13.1. The summed E-state index contributed by atoms with van der Waals surface area (Å²) in [6.07, 6.45) is 0. The average molecular weight is 197 g/mol. The predicted molar refractivity (Wildman–Crippen MR) is 52.4 cm³/mol. The van der Waals surface area contributed by atoms with Crippen LogP contribution in [0.2, 0.25) is 0 Å². The van der Waals surface area contributed by atoms with Crippen LogP contribution in [0.1, 0.15) is 23.2 Å². The van der Waals surface area contributed by atoms with E-state index < -0.39 is 5.91 Å². The molecule has 78 valence electrons. The number of furan rings is 1. The van der Waals surface area contributed by atoms with Gasteiger partial charge in [0, 0.05) is 0 Å². The van der Waals surface area contributed by atoms with E-state index in [0.29, 0.717) is 6.54 Å². The van der Waals surface area contributed by atoms with Gasteiger partial charge in [-0.15, -0.1) is 0 Å². The Hall–Kier alpha value is -1.33. The van der Waals surface area contributed by atoms with E-state index in [0.717, 1.165) is 12.3 Å². The molecule has 0 aromatic carbocycles. The Morgan fingerprint density at radius 1 is 1.64 bits per heavy atom. The lowest BCUT2D eigenvalue weighted by molar-refractivity contribution is 0.0922. The number of hydrazine groups is 1. The monoisotopic (exact) mass is 197 g/mol. The van der Waals surface area contributed by atoms with E-state index >= 15 is 0 Å². The standard InChI is InChI=1S/C9H15N3O2/c1-3-12(2)6-7-4-5-8(14-7)9(13)11-10/h4-5H,3,6,10H2,1-2H3,(H,11,13). The van der Waals surface area contributed by atoms with Crippen molar-refractivity contribution in [1.29, 1.82) is 0 Å². The SMILES string of the molecule is CCN(C)Cc1ccc(C(=O)NN)o1. The fraction of sp³-hybridized carbons (Fsp3) is 0.444. The van der Waals surface area contributed by atoms with Gasteiger partial charge in [-0.2, -0.15) is 0 Å². The summed E-state index contributed by atoms with van der Waals surface area (Å²) < 4.78 is 5.28. The van der Waals surface area contributed by atoms with Crippen molar-refractivity contribution in [2.75, 3.05) is 13.6 Å². The number of rotatable bonds is 4. The highest BCUT2D eigenvalue weighted by Gasteiger charge is 2.09. The molecule has 0 saturated heterocycles. The first-order valence-corrected chi connectivity index (χ1v) is 4.45. The number of hydrogen-bond acceptors (Lipinski definition) is 4. The fourth-order valence-corrected chi connectivity index (χ4v) is 1.03. The zero-order valence-electron chi connectivity index (χ0n) is 8.41. The molecule has 5 nitrogen and oxygen atoms in total. The van der Waals surface area contributed by atoms with Crippen molar-refractivity contribution < 1.29 is 9.21 Å². The maximum absolute atomic E-state index is 11.0. The second kappa shape index (κ2) is 4.78. The molecule has 0 bridgehead atoms. The van der Waals surface area contributed by atoms with Crippen molar-refractivity contribution in [2.45, 2.75) is 13.5 Å². The Bertz CT molecular complexity index is 309. The van der Waals surface area contributed by atoms with Crippen LogP contribution in [-0.4, -0.2) is 24.4 Å². The van der Waals surface area contributed by atoms with Crippen LogP contribution in [0.25, 0.3) is 0 Å². The van der Waals surface area contributed by atoms with Crippen molar-refractivity contribution in [2.24, 2.45) is 5.84 Å². The zero-order chi connectivity index (χ0) is 10.6. The van der Waals surface area contributed by atoms with Crippen molar-refractivity contribution >= 4 is 5.91 Å². The van der Waals surface area contributed by atoms with Gasteiger partial charge in [-0.1, -0.05) is 6.92 Å². The Labute approximate surface area is 82.8 Å². The summed E-state index contributed by atoms with van der Waals surface area (Å²) in [6, 6.07) is 3.39. The molecule has 3 N–H and O–H groups in total. The lowest BCUT2D eigenvalue weighted by Crippen LogP contribution is -2.29. The van der Waals surface area contributed by atoms with Gasteiger partial charge in [0.25, 0.3) is 0 Å². The van der Waals surface area contributed by atoms with Gasteiger partial charge in [-0.05, 0) is 25.7 Å². The summed E-state index contributed by atoms with van der Waals surface area (Å²) in [7, 11) is 1.98. The van der Waals surface area contributed by atoms with Crippen molar-refractivity contribution in [3.8, 4) is 0 Å². The third-order valence-corrected chi connectivity index (χ3v) is 1.98. The van der Waals surface area contributed by atoms with E-state index in [2.05, 4.69) is 11.8 Å². The van der Waals surface area contributed by atoms with Crippen LogP contribution in [0.15, 0.2) is 16.5 Å². The van der Waals surface area contributed by atoms with Gasteiger partial charge in [-0.3, -0.25) is 15.1 Å². The summed E-state index contributed by atoms with van der Waals surface area (Å²) in [5.74, 6) is 5.56. The number of amides is 1. The Morgan fingerprint density at radius 2 is 2.36 bits per heavy atom. The number of carbonyl (C=O) groups is 1. The lowest BCUT2D eigenvalue weighted by Gasteiger charge is -2.10. The normalized spacial score (nSPS) is 10.6. The highest BCUT2D eigenvalue weighted by Crippen LogP contribution is 2.09. The van der Waals surface area contributed by atoms with Crippen LogP contribution in [0.5, 0.6) is 0 Å². The van der Waals surface area contributed by atoms with E-state index in [9.17, 15) is 4.79 Å². The summed E-state index contributed by atoms with van der Waals surface area (Å²) in [5, 5.41) is 0. The Morgan fingerprint density at radius 3 is 2.93 bits per heavy atom. The molecule has 1 aromatic heterocycles. The van der Waals surface area contributed by atoms with Crippen LogP contribution in [0.4, 0.5) is 0 Å². The maximum atomic E-state index is 11.0. The van der Waals surface area contributed by atoms with E-state index in [1.165, 1.54) is 0 Å². The van der Waals surface area contributed by atoms with E-state index in [4.69, 9.17) is 10.3 Å². The molecule has 0 unspecified atom stereocenters. The number of nitrogens with two attached hydrogens (primary N) is 1. The Balaban J connectivity index is 2.63. The fourth-order valence-electron chi connectivity index (χ4n) is 1.03. The number of nitrogen functional groups attached to an aromatic ring is 1. The molecular formula is C9H15N3O2. The van der Waals surface area contributed by atoms with Gasteiger partial charge in [0.05, 0.1) is 6.54 Å². The smallest absolute Gasteiger partial charge is 0.300 e. The first-order valence-electron chi connectivity index (χ1n) is 4.45. The summed E-state index contributed by atoms with van der Waals surface area (Å²) >= 11 is 0. The largest absolute Gasteiger partial charge is 0.455 e. The first-order chi connectivity index (χ1) is 6.67. The van der Waals surface area contributed by atoms with Crippen LogP contribution >= 0.6 is 0 Å². The quantitative estimate of drug-likeness (QED) is 0.414. The zero-order valence-corrected chi connectivity index (χ0v) is 8.41. The number of hydrogen-bond donors (Lipinski definition) is 2. The van der Waals surface area contributed by atoms with Crippen LogP contribution in [0.3, 0.4) is 0 Å². The molecule has 0 aliphatic carbocycles. The molecule has 5 heteroatoms. The number of nitrogens with one attached hydrogen (secondary N) is 1. The molecule has 0 aliphatic rings. The second-order valence-corrected chi connectivity index (χ2v) is 3.07. The van der Waals surface area contributed by atoms with Crippen LogP contribution in [0, 0.1) is 0 Å². The molecule has 1 aromatic rings. The number of carbonyl (C=O) groups excluding carboxylic acids is 1. The minimum absolute atomic E-state index is 0.243. The van der Waals surface area contributed by atoms with Crippen LogP contribution < -0.4 is 11.3 Å². The highest BCUT2D eigenvalue weighted by atomic mass is 16.4. The highest BCUT2D eigenvalue weighted by molar-refractivity contribution is 5.90. The minimum Gasteiger partial charge on any atom is -0.455 e. The molecule has 1 amide bonds. The van der Waals surface area contributed by atoms with Crippen LogP contribution in [-0.2, 0) is 6.54 Å². The molecule has 1 rings (SSSR count). The van der Waals surface area contributed by atoms with E-state index in [-0.39, 0.29) is 5.76 Å². The maximum Gasteiger partial charge on any atom is 0.300 e. The molecule has 0 radical (unpaired) electrons. The molecule has 0 aliphatic heterocycles. The molecule has 14 heavy (non-hydrogen) atoms. The first kappa shape index (κ1) is 10.7. The minimum atomic E-state index is -0.407. The lowest BCUT2D eigenvalue weighted by atomic mass is 10.4. The summed E-state index contributed by atoms with van der Waals surface area (Å²) in [6.45, 7) is 3.67. The van der Waals surface area contributed by atoms with Crippen molar-refractivity contribution in [3.63, 3.8) is 0 Å². The topological polar surface area (TPSA) is 71.5 Å². The van der Waals surface area contributed by atoms with Gasteiger partial charge in [-0.25, -0.2) is 5.84 Å². The summed E-state index contributed by atoms with van der Waals surface area (Å²) in [5.41, 5.74) is 2.02. The average Bonchev–Trinajstić information content (AvgIpc) is 2.65. The van der Waals surface area contributed by atoms with Gasteiger partial charge < -0.3 is 4.42 Å². The second-order valence-electron chi connectivity index (χ2n) is 3.07. The third kappa shape index (κ3) is 2.58. The predicted octanol–water partition coefficient (Wildman–Crippen LogP) is 0.335. The van der Waals surface area contributed by atoms with Gasteiger partial charge in [0.1, 0.15) is 5.76 Å². The van der Waals surface area contributed by atoms with Gasteiger partial charge in [0.2, 0.25) is 0 Å². The van der Waals surface area contributed by atoms with Gasteiger partial charge in [0.15, 0.2) is 5.76 Å². The molecule has 1 heterocycles. The van der Waals surface area contributed by atoms with E-state index in [1.54, 1.807) is 12.1 Å². The molecule has 0 saturated carbocycles. The molecule has 0 fully saturated rings. The molecule has 0 spiro atoms. The van der Waals surface area contributed by atoms with Crippen molar-refractivity contribution in [1.82, 2.24) is 10.3 Å². The number of nitrogens with zero attached hydrogens (tertiary/aromatic N) is 1. The van der Waals surface area contributed by atoms with E-state index in [1.807, 2.05) is 12.5 Å². The third-order valence-electron chi connectivity index (χ3n) is 1.98. The van der Waals surface area contributed by atoms with Gasteiger partial charge >= 0.3 is 5.91 Å². The molecular weight excluding hydrogens is 182 g/mol. The Kier molecular flexibility index (Phi) is 3.67. The van der Waals surface area contributed by atoms with Crippen molar-refractivity contribution in [3.05, 3.63) is 23.7 Å². The molecule has 0 atom stereocenters.